The van der Waals surface area contributed by atoms with Gasteiger partial charge < -0.3 is 19.9 Å². The number of benzene rings is 1. The molecule has 2 heterocycles. The Bertz CT molecular complexity index is 724. The maximum absolute atomic E-state index is 5.67. The van der Waals surface area contributed by atoms with Crippen molar-refractivity contribution in [3.05, 3.63) is 30.1 Å². The van der Waals surface area contributed by atoms with Crippen LogP contribution in [0.1, 0.15) is 38.4 Å². The highest BCUT2D eigenvalue weighted by atomic mass is 127. The lowest BCUT2D eigenvalue weighted by molar-refractivity contribution is 0.105. The molecular formula is C20H32IN5O. The molecule has 150 valence electrons. The first-order valence-corrected chi connectivity index (χ1v) is 9.83. The molecule has 1 atom stereocenters. The number of fused-ring (bicyclic) bond motifs is 1. The lowest BCUT2D eigenvalue weighted by Crippen LogP contribution is -2.38. The summed E-state index contributed by atoms with van der Waals surface area (Å²) in [7, 11) is 0. The molecule has 1 aliphatic heterocycles. The number of aryl methyl sites for hydroxylation is 2. The fourth-order valence-electron chi connectivity index (χ4n) is 3.46. The van der Waals surface area contributed by atoms with E-state index in [2.05, 4.69) is 52.2 Å². The van der Waals surface area contributed by atoms with Crippen molar-refractivity contribution in [1.82, 2.24) is 20.2 Å². The number of rotatable bonds is 8. The molecule has 2 N–H and O–H groups in total. The molecular weight excluding hydrogens is 453 g/mol. The normalized spacial score (nSPS) is 17.1. The molecule has 2 aromatic rings. The van der Waals surface area contributed by atoms with Crippen molar-refractivity contribution < 1.29 is 4.74 Å². The van der Waals surface area contributed by atoms with Crippen LogP contribution in [0, 0.1) is 6.92 Å². The molecule has 1 fully saturated rings. The number of hydrogen-bond acceptors (Lipinski definition) is 3. The minimum atomic E-state index is 0. The summed E-state index contributed by atoms with van der Waals surface area (Å²) in [4.78, 5) is 9.33. The lowest BCUT2D eigenvalue weighted by Gasteiger charge is -2.14. The smallest absolute Gasteiger partial charge is 0.191 e. The zero-order chi connectivity index (χ0) is 18.2. The highest BCUT2D eigenvalue weighted by molar-refractivity contribution is 14.0. The Labute approximate surface area is 179 Å². The van der Waals surface area contributed by atoms with Crippen molar-refractivity contribution in [2.75, 3.05) is 26.2 Å². The van der Waals surface area contributed by atoms with Crippen molar-refractivity contribution in [2.45, 2.75) is 52.2 Å². The Morgan fingerprint density at radius 2 is 2.19 bits per heavy atom. The van der Waals surface area contributed by atoms with E-state index < -0.39 is 0 Å². The van der Waals surface area contributed by atoms with Crippen molar-refractivity contribution in [2.24, 2.45) is 4.99 Å². The van der Waals surface area contributed by atoms with E-state index in [1.165, 1.54) is 18.4 Å². The first kappa shape index (κ1) is 21.9. The first-order valence-electron chi connectivity index (χ1n) is 9.83. The number of ether oxygens (including phenoxy) is 1. The summed E-state index contributed by atoms with van der Waals surface area (Å²) in [6.07, 6.45) is 4.84. The number of nitrogens with zero attached hydrogens (tertiary/aromatic N) is 3. The minimum Gasteiger partial charge on any atom is -0.378 e. The molecule has 7 heteroatoms. The number of guanidine groups is 1. The average Bonchev–Trinajstić information content (AvgIpc) is 3.26. The van der Waals surface area contributed by atoms with Gasteiger partial charge in [0.05, 0.1) is 17.1 Å². The van der Waals surface area contributed by atoms with Gasteiger partial charge in [-0.05, 0) is 51.7 Å². The largest absolute Gasteiger partial charge is 0.378 e. The number of halogens is 1. The molecule has 0 bridgehead atoms. The predicted molar refractivity (Wildman–Crippen MR) is 122 cm³/mol. The summed E-state index contributed by atoms with van der Waals surface area (Å²) < 4.78 is 7.95. The number of aromatic nitrogens is 2. The molecule has 6 nitrogen and oxygen atoms in total. The number of hydrogen-bond donors (Lipinski definition) is 2. The summed E-state index contributed by atoms with van der Waals surface area (Å²) in [6.45, 7) is 8.59. The van der Waals surface area contributed by atoms with Crippen LogP contribution in [-0.2, 0) is 11.3 Å². The Morgan fingerprint density at radius 1 is 1.33 bits per heavy atom. The van der Waals surface area contributed by atoms with Gasteiger partial charge in [0.15, 0.2) is 5.96 Å². The third-order valence-electron chi connectivity index (χ3n) is 4.78. The summed E-state index contributed by atoms with van der Waals surface area (Å²) in [5.74, 6) is 1.97. The lowest BCUT2D eigenvalue weighted by atomic mass is 10.2. The molecule has 1 aromatic carbocycles. The van der Waals surface area contributed by atoms with Crippen LogP contribution >= 0.6 is 24.0 Å². The van der Waals surface area contributed by atoms with Gasteiger partial charge in [-0.15, -0.1) is 24.0 Å². The van der Waals surface area contributed by atoms with Crippen LogP contribution in [0.15, 0.2) is 29.3 Å². The molecule has 0 amide bonds. The van der Waals surface area contributed by atoms with Crippen LogP contribution in [0.3, 0.4) is 0 Å². The molecule has 0 saturated carbocycles. The van der Waals surface area contributed by atoms with Crippen LogP contribution < -0.4 is 10.6 Å². The fraction of sp³-hybridized carbons (Fsp3) is 0.600. The topological polar surface area (TPSA) is 63.5 Å². The van der Waals surface area contributed by atoms with Crippen LogP contribution in [-0.4, -0.2) is 47.9 Å². The molecule has 0 aliphatic carbocycles. The van der Waals surface area contributed by atoms with Crippen molar-refractivity contribution in [3.63, 3.8) is 0 Å². The maximum Gasteiger partial charge on any atom is 0.191 e. The molecule has 1 saturated heterocycles. The average molecular weight is 485 g/mol. The van der Waals surface area contributed by atoms with E-state index >= 15 is 0 Å². The number of aliphatic imine (C=N–C) groups is 1. The van der Waals surface area contributed by atoms with Gasteiger partial charge in [0.2, 0.25) is 0 Å². The van der Waals surface area contributed by atoms with Crippen molar-refractivity contribution >= 4 is 41.0 Å². The van der Waals surface area contributed by atoms with Crippen LogP contribution in [0.4, 0.5) is 0 Å². The van der Waals surface area contributed by atoms with E-state index in [1.807, 2.05) is 6.07 Å². The van der Waals surface area contributed by atoms with Gasteiger partial charge in [-0.25, -0.2) is 4.98 Å². The van der Waals surface area contributed by atoms with E-state index in [9.17, 15) is 0 Å². The minimum absolute atomic E-state index is 0. The van der Waals surface area contributed by atoms with Crippen molar-refractivity contribution in [3.8, 4) is 0 Å². The second kappa shape index (κ2) is 11.5. The van der Waals surface area contributed by atoms with Crippen LogP contribution in [0.25, 0.3) is 11.0 Å². The number of imidazole rings is 1. The van der Waals surface area contributed by atoms with Crippen LogP contribution in [0.2, 0.25) is 0 Å². The maximum atomic E-state index is 5.67. The molecule has 0 spiro atoms. The van der Waals surface area contributed by atoms with E-state index in [1.54, 1.807) is 0 Å². The SMILES string of the molecule is CCNC(=NCCCn1c(C)nc2ccccc21)NCCC1CCCO1.I. The predicted octanol–water partition coefficient (Wildman–Crippen LogP) is 3.48. The highest BCUT2D eigenvalue weighted by Crippen LogP contribution is 2.16. The van der Waals surface area contributed by atoms with Gasteiger partial charge in [0.1, 0.15) is 5.82 Å². The standard InChI is InChI=1S/C20H31N5O.HI/c1-3-21-20(23-13-11-17-8-6-15-26-17)22-12-7-14-25-16(2)24-18-9-4-5-10-19(18)25;/h4-5,9-10,17H,3,6-8,11-15H2,1-2H3,(H2,21,22,23);1H. The van der Waals surface area contributed by atoms with Gasteiger partial charge in [0, 0.05) is 32.8 Å². The second-order valence-electron chi connectivity index (χ2n) is 6.76. The zero-order valence-electron chi connectivity index (χ0n) is 16.4. The Hall–Kier alpha value is -1.35. The summed E-state index contributed by atoms with van der Waals surface area (Å²) in [5.41, 5.74) is 2.27. The Kier molecular flexibility index (Phi) is 9.33. The van der Waals surface area contributed by atoms with Gasteiger partial charge in [0.25, 0.3) is 0 Å². The highest BCUT2D eigenvalue weighted by Gasteiger charge is 2.14. The summed E-state index contributed by atoms with van der Waals surface area (Å²) in [6, 6.07) is 8.31. The number of nitrogens with one attached hydrogen (secondary N) is 2. The molecule has 1 aliphatic rings. The van der Waals surface area contributed by atoms with E-state index in [0.717, 1.165) is 62.9 Å². The van der Waals surface area contributed by atoms with Gasteiger partial charge in [-0.3, -0.25) is 4.99 Å². The number of para-hydroxylation sites is 2. The van der Waals surface area contributed by atoms with Crippen LogP contribution in [0.5, 0.6) is 0 Å². The quantitative estimate of drug-likeness (QED) is 0.260. The third-order valence-corrected chi connectivity index (χ3v) is 4.78. The summed E-state index contributed by atoms with van der Waals surface area (Å²) >= 11 is 0. The Morgan fingerprint density at radius 3 is 2.96 bits per heavy atom. The Balaban J connectivity index is 0.00000261. The van der Waals surface area contributed by atoms with E-state index in [0.29, 0.717) is 6.10 Å². The van der Waals surface area contributed by atoms with Gasteiger partial charge in [-0.2, -0.15) is 0 Å². The molecule has 3 rings (SSSR count). The molecule has 0 radical (unpaired) electrons. The second-order valence-corrected chi connectivity index (χ2v) is 6.76. The van der Waals surface area contributed by atoms with E-state index in [-0.39, 0.29) is 24.0 Å². The molecule has 1 aromatic heterocycles. The zero-order valence-corrected chi connectivity index (χ0v) is 18.7. The van der Waals surface area contributed by atoms with E-state index in [4.69, 9.17) is 9.73 Å². The van der Waals surface area contributed by atoms with Gasteiger partial charge in [-0.1, -0.05) is 12.1 Å². The van der Waals surface area contributed by atoms with Gasteiger partial charge >= 0.3 is 0 Å². The first-order chi connectivity index (χ1) is 12.8. The monoisotopic (exact) mass is 485 g/mol. The fourth-order valence-corrected chi connectivity index (χ4v) is 3.46. The third kappa shape index (κ3) is 6.34. The van der Waals surface area contributed by atoms with Crippen molar-refractivity contribution in [1.29, 1.82) is 0 Å². The molecule has 1 unspecified atom stereocenters. The summed E-state index contributed by atoms with van der Waals surface area (Å²) in [5, 5.41) is 6.74. The molecule has 27 heavy (non-hydrogen) atoms.